The number of rotatable bonds is 4. The first kappa shape index (κ1) is 21.5. The van der Waals surface area contributed by atoms with Gasteiger partial charge < -0.3 is 5.11 Å². The fourth-order valence-corrected chi connectivity index (χ4v) is 10.3. The van der Waals surface area contributed by atoms with E-state index in [0.717, 1.165) is 60.2 Å². The number of fused-ring (bicyclic) bond motifs is 5. The molecule has 10 atom stereocenters. The highest BCUT2D eigenvalue weighted by Gasteiger charge is 2.60. The molecule has 5 aliphatic carbocycles. The van der Waals surface area contributed by atoms with Gasteiger partial charge in [-0.2, -0.15) is 0 Å². The summed E-state index contributed by atoms with van der Waals surface area (Å²) in [5.74, 6) is 7.12. The summed E-state index contributed by atoms with van der Waals surface area (Å²) in [6.45, 7) is 15.1. The summed E-state index contributed by atoms with van der Waals surface area (Å²) < 4.78 is 0. The van der Waals surface area contributed by atoms with Crippen molar-refractivity contribution < 1.29 is 5.11 Å². The molecule has 170 valence electrons. The third kappa shape index (κ3) is 3.11. The minimum Gasteiger partial charge on any atom is -0.393 e. The van der Waals surface area contributed by atoms with Gasteiger partial charge in [0.2, 0.25) is 0 Å². The Bertz CT molecular complexity index is 705. The minimum absolute atomic E-state index is 0.0135. The van der Waals surface area contributed by atoms with Crippen LogP contribution in [0.3, 0.4) is 0 Å². The lowest BCUT2D eigenvalue weighted by molar-refractivity contribution is -0.129. The van der Waals surface area contributed by atoms with Crippen LogP contribution in [0.1, 0.15) is 106 Å². The van der Waals surface area contributed by atoms with Crippen LogP contribution in [0.25, 0.3) is 0 Å². The molecule has 5 rings (SSSR count). The van der Waals surface area contributed by atoms with Crippen LogP contribution in [0.15, 0.2) is 11.1 Å². The van der Waals surface area contributed by atoms with Gasteiger partial charge >= 0.3 is 0 Å². The zero-order valence-corrected chi connectivity index (χ0v) is 20.7. The lowest BCUT2D eigenvalue weighted by atomic mass is 9.44. The van der Waals surface area contributed by atoms with Crippen LogP contribution in [0.2, 0.25) is 0 Å². The summed E-state index contributed by atoms with van der Waals surface area (Å²) in [7, 11) is 0. The van der Waals surface area contributed by atoms with Gasteiger partial charge in [-0.05, 0) is 123 Å². The van der Waals surface area contributed by atoms with Crippen LogP contribution >= 0.6 is 0 Å². The van der Waals surface area contributed by atoms with Gasteiger partial charge in [-0.1, -0.05) is 45.8 Å². The molecule has 0 spiro atoms. The third-order valence-electron chi connectivity index (χ3n) is 11.9. The van der Waals surface area contributed by atoms with Crippen molar-refractivity contribution in [2.75, 3.05) is 0 Å². The lowest BCUT2D eigenvalue weighted by Crippen LogP contribution is -2.54. The second-order valence-electron chi connectivity index (χ2n) is 13.4. The van der Waals surface area contributed by atoms with Crippen molar-refractivity contribution in [2.45, 2.75) is 112 Å². The number of hydrogen-bond acceptors (Lipinski definition) is 1. The average molecular weight is 413 g/mol. The maximum absolute atomic E-state index is 10.3. The molecule has 4 saturated carbocycles. The Morgan fingerprint density at radius 1 is 0.900 bits per heavy atom. The van der Waals surface area contributed by atoms with E-state index < -0.39 is 0 Å². The number of aliphatic hydroxyl groups excluding tert-OH is 1. The molecular formula is C29H48O. The predicted octanol–water partition coefficient (Wildman–Crippen LogP) is 7.63. The van der Waals surface area contributed by atoms with Gasteiger partial charge in [0.25, 0.3) is 0 Å². The molecule has 0 aromatic rings. The summed E-state index contributed by atoms with van der Waals surface area (Å²) in [6, 6.07) is 0. The van der Waals surface area contributed by atoms with Gasteiger partial charge in [0.15, 0.2) is 0 Å². The summed E-state index contributed by atoms with van der Waals surface area (Å²) >= 11 is 0. The highest BCUT2D eigenvalue weighted by atomic mass is 16.3. The molecule has 0 heterocycles. The molecule has 0 saturated heterocycles. The van der Waals surface area contributed by atoms with Crippen molar-refractivity contribution >= 4 is 0 Å². The zero-order chi connectivity index (χ0) is 21.4. The quantitative estimate of drug-likeness (QED) is 0.470. The Morgan fingerprint density at radius 2 is 1.60 bits per heavy atom. The largest absolute Gasteiger partial charge is 0.393 e. The molecule has 1 heteroatoms. The van der Waals surface area contributed by atoms with Crippen molar-refractivity contribution in [3.63, 3.8) is 0 Å². The normalized spacial score (nSPS) is 51.4. The number of allylic oxidation sites excluding steroid dienone is 2. The second-order valence-corrected chi connectivity index (χ2v) is 13.4. The predicted molar refractivity (Wildman–Crippen MR) is 126 cm³/mol. The molecule has 0 bridgehead atoms. The van der Waals surface area contributed by atoms with Crippen LogP contribution in [0.5, 0.6) is 0 Å². The molecular weight excluding hydrogens is 364 g/mol. The van der Waals surface area contributed by atoms with E-state index in [-0.39, 0.29) is 6.10 Å². The summed E-state index contributed by atoms with van der Waals surface area (Å²) in [4.78, 5) is 0. The highest BCUT2D eigenvalue weighted by Crippen LogP contribution is 2.68. The average Bonchev–Trinajstić information content (AvgIpc) is 3.17. The monoisotopic (exact) mass is 412 g/mol. The maximum atomic E-state index is 10.3. The Kier molecular flexibility index (Phi) is 5.28. The minimum atomic E-state index is -0.0135. The Morgan fingerprint density at radius 3 is 2.30 bits per heavy atom. The van der Waals surface area contributed by atoms with Gasteiger partial charge in [0.05, 0.1) is 6.10 Å². The molecule has 10 unspecified atom stereocenters. The number of aliphatic hydroxyl groups is 1. The van der Waals surface area contributed by atoms with Gasteiger partial charge in [0, 0.05) is 5.92 Å². The fourth-order valence-electron chi connectivity index (χ4n) is 10.3. The SMILES string of the molecule is CC1=C(C(C)C)C1CC(C)C1CCC2C3CCC4CC(O)CCC4(C)C3CCC12C. The first-order chi connectivity index (χ1) is 14.2. The standard InChI is InChI=1S/C29H48O/c1-17(2)27-19(4)23(27)15-18(3)24-9-10-25-22-8-7-20-16-21(30)11-13-28(20,5)26(22)12-14-29(24,25)6/h17-18,20-26,30H,7-16H2,1-6H3. The Labute approximate surface area is 186 Å². The van der Waals surface area contributed by atoms with Crippen molar-refractivity contribution in [3.05, 3.63) is 11.1 Å². The van der Waals surface area contributed by atoms with Crippen LogP contribution in [0, 0.1) is 58.2 Å². The summed E-state index contributed by atoms with van der Waals surface area (Å²) in [6.07, 6.45) is 13.7. The van der Waals surface area contributed by atoms with E-state index in [1.807, 2.05) is 0 Å². The highest BCUT2D eigenvalue weighted by molar-refractivity contribution is 5.40. The van der Waals surface area contributed by atoms with E-state index in [4.69, 9.17) is 0 Å². The number of hydrogen-bond donors (Lipinski definition) is 1. The van der Waals surface area contributed by atoms with E-state index in [0.29, 0.717) is 10.8 Å². The van der Waals surface area contributed by atoms with E-state index in [1.54, 1.807) is 11.1 Å². The molecule has 1 N–H and O–H groups in total. The van der Waals surface area contributed by atoms with Crippen molar-refractivity contribution in [1.29, 1.82) is 0 Å². The van der Waals surface area contributed by atoms with Crippen molar-refractivity contribution in [3.8, 4) is 0 Å². The summed E-state index contributed by atoms with van der Waals surface area (Å²) in [5, 5.41) is 10.3. The molecule has 0 aromatic heterocycles. The fraction of sp³-hybridized carbons (Fsp3) is 0.931. The van der Waals surface area contributed by atoms with Crippen LogP contribution < -0.4 is 0 Å². The molecule has 30 heavy (non-hydrogen) atoms. The van der Waals surface area contributed by atoms with Gasteiger partial charge in [-0.25, -0.2) is 0 Å². The second kappa shape index (κ2) is 7.36. The van der Waals surface area contributed by atoms with Crippen LogP contribution in [0.4, 0.5) is 0 Å². The van der Waals surface area contributed by atoms with Crippen molar-refractivity contribution in [1.82, 2.24) is 0 Å². The van der Waals surface area contributed by atoms with Crippen molar-refractivity contribution in [2.24, 2.45) is 58.2 Å². The van der Waals surface area contributed by atoms with E-state index >= 15 is 0 Å². The van der Waals surface area contributed by atoms with Gasteiger partial charge in [0.1, 0.15) is 0 Å². The van der Waals surface area contributed by atoms with Gasteiger partial charge in [-0.15, -0.1) is 0 Å². The molecule has 5 aliphatic rings. The molecule has 0 radical (unpaired) electrons. The topological polar surface area (TPSA) is 20.2 Å². The van der Waals surface area contributed by atoms with E-state index in [2.05, 4.69) is 41.5 Å². The van der Waals surface area contributed by atoms with E-state index in [9.17, 15) is 5.11 Å². The maximum Gasteiger partial charge on any atom is 0.0543 e. The summed E-state index contributed by atoms with van der Waals surface area (Å²) in [5.41, 5.74) is 4.63. The zero-order valence-electron chi connectivity index (χ0n) is 20.7. The first-order valence-corrected chi connectivity index (χ1v) is 13.6. The Balaban J connectivity index is 1.30. The molecule has 4 fully saturated rings. The molecule has 0 aromatic carbocycles. The molecule has 0 aliphatic heterocycles. The third-order valence-corrected chi connectivity index (χ3v) is 11.9. The smallest absolute Gasteiger partial charge is 0.0543 e. The van der Waals surface area contributed by atoms with Crippen LogP contribution in [-0.4, -0.2) is 11.2 Å². The molecule has 1 nitrogen and oxygen atoms in total. The van der Waals surface area contributed by atoms with Gasteiger partial charge in [-0.3, -0.25) is 0 Å². The van der Waals surface area contributed by atoms with E-state index in [1.165, 1.54) is 51.4 Å². The van der Waals surface area contributed by atoms with Crippen LogP contribution in [-0.2, 0) is 0 Å². The lowest BCUT2D eigenvalue weighted by Gasteiger charge is -2.61. The molecule has 0 amide bonds. The first-order valence-electron chi connectivity index (χ1n) is 13.6. The Hall–Kier alpha value is -0.300.